The van der Waals surface area contributed by atoms with Crippen LogP contribution in [0.3, 0.4) is 0 Å². The van der Waals surface area contributed by atoms with Crippen molar-refractivity contribution in [1.82, 2.24) is 0 Å². The van der Waals surface area contributed by atoms with Crippen molar-refractivity contribution in [3.05, 3.63) is 54.1 Å². The summed E-state index contributed by atoms with van der Waals surface area (Å²) in [5.41, 5.74) is 3.21. The zero-order valence-corrected chi connectivity index (χ0v) is 14.3. The lowest BCUT2D eigenvalue weighted by atomic mass is 10.00. The molecule has 1 amide bonds. The highest BCUT2D eigenvalue weighted by Crippen LogP contribution is 2.29. The van der Waals surface area contributed by atoms with Gasteiger partial charge in [-0.3, -0.25) is 4.79 Å². The third-order valence-corrected chi connectivity index (χ3v) is 4.44. The maximum Gasteiger partial charge on any atom is 0.246 e. The monoisotopic (exact) mass is 324 g/mol. The van der Waals surface area contributed by atoms with E-state index in [-0.39, 0.29) is 11.9 Å². The Balaban J connectivity index is 1.77. The van der Waals surface area contributed by atoms with Gasteiger partial charge in [0.25, 0.3) is 0 Å². The minimum Gasteiger partial charge on any atom is -0.492 e. The average Bonchev–Trinajstić information content (AvgIpc) is 2.62. The minimum absolute atomic E-state index is 0.0149. The molecule has 0 saturated carbocycles. The van der Waals surface area contributed by atoms with Crippen LogP contribution in [0.1, 0.15) is 25.8 Å². The average molecular weight is 324 g/mol. The second-order valence-corrected chi connectivity index (χ2v) is 6.02. The lowest BCUT2D eigenvalue weighted by Crippen LogP contribution is -2.44. The van der Waals surface area contributed by atoms with Crippen molar-refractivity contribution < 1.29 is 9.53 Å². The standard InChI is InChI=1S/C20H24N2O2/c1-3-24-19-13-7-5-11-17(19)21-20(23)15(2)22-14-8-10-16-9-4-6-12-18(16)22/h4-7,9,11-13,15H,3,8,10,14H2,1-2H3,(H,21,23)/t15-/m1/s1. The third-order valence-electron chi connectivity index (χ3n) is 4.44. The Kier molecular flexibility index (Phi) is 5.04. The highest BCUT2D eigenvalue weighted by Gasteiger charge is 2.26. The van der Waals surface area contributed by atoms with Crippen LogP contribution >= 0.6 is 0 Å². The molecular formula is C20H24N2O2. The van der Waals surface area contributed by atoms with E-state index < -0.39 is 0 Å². The summed E-state index contributed by atoms with van der Waals surface area (Å²) in [6.07, 6.45) is 2.15. The molecule has 0 fully saturated rings. The predicted molar refractivity (Wildman–Crippen MR) is 97.8 cm³/mol. The number of nitrogens with zero attached hydrogens (tertiary/aromatic N) is 1. The lowest BCUT2D eigenvalue weighted by molar-refractivity contribution is -0.117. The molecule has 0 spiro atoms. The first-order valence-corrected chi connectivity index (χ1v) is 8.58. The summed E-state index contributed by atoms with van der Waals surface area (Å²) < 4.78 is 5.59. The summed E-state index contributed by atoms with van der Waals surface area (Å²) in [6, 6.07) is 15.7. The number of anilines is 2. The van der Waals surface area contributed by atoms with Crippen LogP contribution < -0.4 is 15.0 Å². The normalized spacial score (nSPS) is 14.7. The largest absolute Gasteiger partial charge is 0.492 e. The van der Waals surface area contributed by atoms with Gasteiger partial charge in [0.15, 0.2) is 0 Å². The van der Waals surface area contributed by atoms with Crippen molar-refractivity contribution in [2.45, 2.75) is 32.7 Å². The zero-order valence-electron chi connectivity index (χ0n) is 14.3. The fraction of sp³-hybridized carbons (Fsp3) is 0.350. The number of aryl methyl sites for hydroxylation is 1. The molecule has 0 bridgehead atoms. The first-order chi connectivity index (χ1) is 11.7. The first kappa shape index (κ1) is 16.4. The van der Waals surface area contributed by atoms with Gasteiger partial charge in [-0.15, -0.1) is 0 Å². The molecule has 4 nitrogen and oxygen atoms in total. The van der Waals surface area contributed by atoms with Crippen molar-refractivity contribution in [3.63, 3.8) is 0 Å². The molecule has 2 aromatic rings. The summed E-state index contributed by atoms with van der Waals surface area (Å²) in [5.74, 6) is 0.693. The molecule has 24 heavy (non-hydrogen) atoms. The Morgan fingerprint density at radius 2 is 1.96 bits per heavy atom. The molecule has 1 N–H and O–H groups in total. The van der Waals surface area contributed by atoms with E-state index in [2.05, 4.69) is 28.4 Å². The molecule has 0 unspecified atom stereocenters. The van der Waals surface area contributed by atoms with Gasteiger partial charge in [-0.25, -0.2) is 0 Å². The fourth-order valence-corrected chi connectivity index (χ4v) is 3.19. The number of amides is 1. The number of nitrogens with one attached hydrogen (secondary N) is 1. The summed E-state index contributed by atoms with van der Waals surface area (Å²) in [7, 11) is 0. The van der Waals surface area contributed by atoms with Gasteiger partial charge in [0.1, 0.15) is 11.8 Å². The maximum absolute atomic E-state index is 12.8. The molecular weight excluding hydrogens is 300 g/mol. The van der Waals surface area contributed by atoms with E-state index in [0.717, 1.165) is 25.1 Å². The van der Waals surface area contributed by atoms with E-state index in [1.807, 2.05) is 44.2 Å². The lowest BCUT2D eigenvalue weighted by Gasteiger charge is -2.35. The molecule has 1 aliphatic heterocycles. The Bertz CT molecular complexity index is 714. The summed E-state index contributed by atoms with van der Waals surface area (Å²) in [6.45, 7) is 5.37. The Morgan fingerprint density at radius 1 is 1.21 bits per heavy atom. The van der Waals surface area contributed by atoms with Crippen LogP contribution in [0.2, 0.25) is 0 Å². The zero-order chi connectivity index (χ0) is 16.9. The van der Waals surface area contributed by atoms with E-state index in [1.165, 1.54) is 11.3 Å². The molecule has 2 aromatic carbocycles. The molecule has 126 valence electrons. The van der Waals surface area contributed by atoms with Gasteiger partial charge in [0.2, 0.25) is 5.91 Å². The number of hydrogen-bond acceptors (Lipinski definition) is 3. The van der Waals surface area contributed by atoms with E-state index in [4.69, 9.17) is 4.74 Å². The van der Waals surface area contributed by atoms with Crippen LogP contribution in [0.4, 0.5) is 11.4 Å². The highest BCUT2D eigenvalue weighted by molar-refractivity contribution is 5.98. The molecule has 3 rings (SSSR count). The summed E-state index contributed by atoms with van der Waals surface area (Å²) >= 11 is 0. The van der Waals surface area contributed by atoms with Crippen LogP contribution in [-0.2, 0) is 11.2 Å². The van der Waals surface area contributed by atoms with Gasteiger partial charge >= 0.3 is 0 Å². The van der Waals surface area contributed by atoms with Crippen LogP contribution in [0.15, 0.2) is 48.5 Å². The van der Waals surface area contributed by atoms with E-state index in [1.54, 1.807) is 0 Å². The van der Waals surface area contributed by atoms with Gasteiger partial charge in [-0.1, -0.05) is 30.3 Å². The number of para-hydroxylation sites is 3. The van der Waals surface area contributed by atoms with Crippen LogP contribution in [-0.4, -0.2) is 25.1 Å². The van der Waals surface area contributed by atoms with Gasteiger partial charge in [0.05, 0.1) is 12.3 Å². The number of fused-ring (bicyclic) bond motifs is 1. The van der Waals surface area contributed by atoms with Crippen molar-refractivity contribution in [2.75, 3.05) is 23.4 Å². The summed E-state index contributed by atoms with van der Waals surface area (Å²) in [4.78, 5) is 15.0. The molecule has 0 radical (unpaired) electrons. The number of ether oxygens (including phenoxy) is 1. The van der Waals surface area contributed by atoms with Gasteiger partial charge in [-0.05, 0) is 50.5 Å². The van der Waals surface area contributed by atoms with Crippen LogP contribution in [0, 0.1) is 0 Å². The van der Waals surface area contributed by atoms with Crippen molar-refractivity contribution in [2.24, 2.45) is 0 Å². The smallest absolute Gasteiger partial charge is 0.246 e. The Morgan fingerprint density at radius 3 is 2.79 bits per heavy atom. The molecule has 1 atom stereocenters. The van der Waals surface area contributed by atoms with Crippen LogP contribution in [0.25, 0.3) is 0 Å². The predicted octanol–water partition coefficient (Wildman–Crippen LogP) is 3.87. The number of carbonyl (C=O) groups excluding carboxylic acids is 1. The van der Waals surface area contributed by atoms with E-state index >= 15 is 0 Å². The van der Waals surface area contributed by atoms with Crippen molar-refractivity contribution >= 4 is 17.3 Å². The summed E-state index contributed by atoms with van der Waals surface area (Å²) in [5, 5.41) is 3.02. The second-order valence-electron chi connectivity index (χ2n) is 6.02. The minimum atomic E-state index is -0.235. The quantitative estimate of drug-likeness (QED) is 0.908. The SMILES string of the molecule is CCOc1ccccc1NC(=O)[C@@H](C)N1CCCc2ccccc21. The maximum atomic E-state index is 12.8. The number of rotatable bonds is 5. The third kappa shape index (κ3) is 3.37. The molecule has 4 heteroatoms. The Hall–Kier alpha value is -2.49. The number of carbonyl (C=O) groups is 1. The van der Waals surface area contributed by atoms with Crippen LogP contribution in [0.5, 0.6) is 5.75 Å². The molecule has 1 heterocycles. The number of hydrogen-bond donors (Lipinski definition) is 1. The fourth-order valence-electron chi connectivity index (χ4n) is 3.19. The first-order valence-electron chi connectivity index (χ1n) is 8.58. The van der Waals surface area contributed by atoms with E-state index in [9.17, 15) is 4.79 Å². The molecule has 0 aromatic heterocycles. The van der Waals surface area contributed by atoms with E-state index in [0.29, 0.717) is 12.4 Å². The van der Waals surface area contributed by atoms with Gasteiger partial charge < -0.3 is 15.0 Å². The molecule has 1 aliphatic rings. The molecule has 0 aliphatic carbocycles. The van der Waals surface area contributed by atoms with Crippen molar-refractivity contribution in [1.29, 1.82) is 0 Å². The number of benzene rings is 2. The Labute approximate surface area is 143 Å². The highest BCUT2D eigenvalue weighted by atomic mass is 16.5. The van der Waals surface area contributed by atoms with Gasteiger partial charge in [-0.2, -0.15) is 0 Å². The van der Waals surface area contributed by atoms with Gasteiger partial charge in [0, 0.05) is 12.2 Å². The molecule has 0 saturated heterocycles. The second kappa shape index (κ2) is 7.39. The topological polar surface area (TPSA) is 41.6 Å². The van der Waals surface area contributed by atoms with Crippen molar-refractivity contribution in [3.8, 4) is 5.75 Å².